The van der Waals surface area contributed by atoms with Gasteiger partial charge in [-0.2, -0.15) is 5.10 Å². The number of hydrogen-bond acceptors (Lipinski definition) is 3. The lowest BCUT2D eigenvalue weighted by molar-refractivity contribution is 0.416. The summed E-state index contributed by atoms with van der Waals surface area (Å²) in [5, 5.41) is 7.22. The van der Waals surface area contributed by atoms with Gasteiger partial charge < -0.3 is 4.74 Å². The Bertz CT molecular complexity index is 725. The van der Waals surface area contributed by atoms with Crippen LogP contribution in [0.4, 0.5) is 0 Å². The number of nitrogens with zero attached hydrogens (tertiary/aromatic N) is 2. The molecule has 3 aromatic rings. The Kier molecular flexibility index (Phi) is 3.52. The normalized spacial score (nSPS) is 10.5. The Morgan fingerprint density at radius 1 is 1.10 bits per heavy atom. The van der Waals surface area contributed by atoms with Crippen LogP contribution in [0.25, 0.3) is 22.8 Å². The molecular weight excluding hydrogens is 318 g/mol. The summed E-state index contributed by atoms with van der Waals surface area (Å²) in [6.07, 6.45) is 0. The van der Waals surface area contributed by atoms with E-state index in [0.29, 0.717) is 11.6 Å². The molecule has 0 atom stereocenters. The smallest absolute Gasteiger partial charge is 0.181 e. The van der Waals surface area contributed by atoms with E-state index in [2.05, 4.69) is 31.1 Å². The van der Waals surface area contributed by atoms with Crippen LogP contribution in [0.2, 0.25) is 0 Å². The minimum absolute atomic E-state index is 0.672. The van der Waals surface area contributed by atoms with Crippen molar-refractivity contribution in [1.82, 2.24) is 15.2 Å². The highest BCUT2D eigenvalue weighted by Crippen LogP contribution is 2.31. The van der Waals surface area contributed by atoms with Gasteiger partial charge >= 0.3 is 0 Å². The summed E-state index contributed by atoms with van der Waals surface area (Å²) in [4.78, 5) is 4.53. The van der Waals surface area contributed by atoms with E-state index in [1.807, 2.05) is 48.5 Å². The molecule has 0 fully saturated rings. The molecule has 5 heteroatoms. The van der Waals surface area contributed by atoms with Gasteiger partial charge in [-0.25, -0.2) is 4.98 Å². The summed E-state index contributed by atoms with van der Waals surface area (Å²) in [5.74, 6) is 2.11. The maximum Gasteiger partial charge on any atom is 0.181 e. The summed E-state index contributed by atoms with van der Waals surface area (Å²) in [6.45, 7) is 0. The molecule has 0 unspecified atom stereocenters. The summed E-state index contributed by atoms with van der Waals surface area (Å²) in [5.41, 5.74) is 1.86. The highest BCUT2D eigenvalue weighted by atomic mass is 79.9. The van der Waals surface area contributed by atoms with Gasteiger partial charge in [-0.15, -0.1) is 0 Å². The molecule has 0 aliphatic heterocycles. The van der Waals surface area contributed by atoms with Gasteiger partial charge in [-0.1, -0.05) is 46.3 Å². The van der Waals surface area contributed by atoms with Crippen LogP contribution in [-0.2, 0) is 0 Å². The molecule has 0 aliphatic rings. The fraction of sp³-hybridized carbons (Fsp3) is 0.0667. The third-order valence-electron chi connectivity index (χ3n) is 2.94. The van der Waals surface area contributed by atoms with Crippen LogP contribution in [0.15, 0.2) is 53.0 Å². The van der Waals surface area contributed by atoms with Crippen molar-refractivity contribution >= 4 is 15.9 Å². The average Bonchev–Trinajstić information content (AvgIpc) is 2.97. The molecule has 100 valence electrons. The SMILES string of the molecule is COc1cc(Br)ccc1-c1nc(-c2ccccc2)n[nH]1. The monoisotopic (exact) mass is 329 g/mol. The van der Waals surface area contributed by atoms with Crippen molar-refractivity contribution in [3.8, 4) is 28.5 Å². The minimum Gasteiger partial charge on any atom is -0.496 e. The number of H-pyrrole nitrogens is 1. The molecule has 1 heterocycles. The van der Waals surface area contributed by atoms with Crippen LogP contribution >= 0.6 is 15.9 Å². The largest absolute Gasteiger partial charge is 0.496 e. The molecule has 0 aliphatic carbocycles. The second-order valence-electron chi connectivity index (χ2n) is 4.22. The van der Waals surface area contributed by atoms with E-state index in [1.165, 1.54) is 0 Å². The van der Waals surface area contributed by atoms with Gasteiger partial charge in [0.1, 0.15) is 5.75 Å². The number of hydrogen-bond donors (Lipinski definition) is 1. The molecule has 0 saturated heterocycles. The molecule has 0 amide bonds. The van der Waals surface area contributed by atoms with Crippen LogP contribution in [-0.4, -0.2) is 22.3 Å². The second kappa shape index (κ2) is 5.46. The number of benzene rings is 2. The van der Waals surface area contributed by atoms with Gasteiger partial charge in [-0.3, -0.25) is 5.10 Å². The number of methoxy groups -OCH3 is 1. The first-order chi connectivity index (χ1) is 9.78. The fourth-order valence-electron chi connectivity index (χ4n) is 1.96. The van der Waals surface area contributed by atoms with Crippen molar-refractivity contribution in [2.45, 2.75) is 0 Å². The standard InChI is InChI=1S/C15H12BrN3O/c1-20-13-9-11(16)7-8-12(13)15-17-14(18-19-15)10-5-3-2-4-6-10/h2-9H,1H3,(H,17,18,19). The van der Waals surface area contributed by atoms with Gasteiger partial charge in [-0.05, 0) is 18.2 Å². The van der Waals surface area contributed by atoms with Crippen molar-refractivity contribution < 1.29 is 4.74 Å². The van der Waals surface area contributed by atoms with E-state index in [9.17, 15) is 0 Å². The Labute approximate surface area is 125 Å². The van der Waals surface area contributed by atoms with Crippen molar-refractivity contribution in [3.63, 3.8) is 0 Å². The zero-order valence-electron chi connectivity index (χ0n) is 10.8. The number of aromatic amines is 1. The van der Waals surface area contributed by atoms with E-state index in [1.54, 1.807) is 7.11 Å². The van der Waals surface area contributed by atoms with Crippen LogP contribution in [0.1, 0.15) is 0 Å². The van der Waals surface area contributed by atoms with Gasteiger partial charge in [0.2, 0.25) is 0 Å². The molecule has 1 aromatic heterocycles. The van der Waals surface area contributed by atoms with Crippen LogP contribution < -0.4 is 4.74 Å². The highest BCUT2D eigenvalue weighted by Gasteiger charge is 2.12. The molecule has 1 N–H and O–H groups in total. The highest BCUT2D eigenvalue weighted by molar-refractivity contribution is 9.10. The van der Waals surface area contributed by atoms with Gasteiger partial charge in [0.05, 0.1) is 12.7 Å². The topological polar surface area (TPSA) is 50.8 Å². The van der Waals surface area contributed by atoms with Gasteiger partial charge in [0, 0.05) is 10.0 Å². The number of rotatable bonds is 3. The molecule has 4 nitrogen and oxygen atoms in total. The third kappa shape index (κ3) is 2.44. The number of nitrogens with one attached hydrogen (secondary N) is 1. The van der Waals surface area contributed by atoms with Gasteiger partial charge in [0.25, 0.3) is 0 Å². The number of ether oxygens (including phenoxy) is 1. The molecule has 3 rings (SSSR count). The van der Waals surface area contributed by atoms with Crippen LogP contribution in [0, 0.1) is 0 Å². The van der Waals surface area contributed by atoms with E-state index in [4.69, 9.17) is 4.74 Å². The van der Waals surface area contributed by atoms with Crippen LogP contribution in [0.3, 0.4) is 0 Å². The van der Waals surface area contributed by atoms with E-state index in [-0.39, 0.29) is 0 Å². The first-order valence-electron chi connectivity index (χ1n) is 6.09. The fourth-order valence-corrected chi connectivity index (χ4v) is 2.30. The molecular formula is C15H12BrN3O. The van der Waals surface area contributed by atoms with Crippen molar-refractivity contribution in [3.05, 3.63) is 53.0 Å². The molecule has 0 spiro atoms. The van der Waals surface area contributed by atoms with Crippen LogP contribution in [0.5, 0.6) is 5.75 Å². The second-order valence-corrected chi connectivity index (χ2v) is 5.13. The zero-order valence-corrected chi connectivity index (χ0v) is 12.4. The summed E-state index contributed by atoms with van der Waals surface area (Å²) < 4.78 is 6.34. The average molecular weight is 330 g/mol. The first-order valence-corrected chi connectivity index (χ1v) is 6.89. The van der Waals surface area contributed by atoms with E-state index >= 15 is 0 Å². The maximum atomic E-state index is 5.38. The van der Waals surface area contributed by atoms with E-state index in [0.717, 1.165) is 21.3 Å². The van der Waals surface area contributed by atoms with Crippen molar-refractivity contribution in [2.24, 2.45) is 0 Å². The molecule has 0 radical (unpaired) electrons. The molecule has 0 bridgehead atoms. The lowest BCUT2D eigenvalue weighted by Crippen LogP contribution is -1.89. The first kappa shape index (κ1) is 12.9. The summed E-state index contributed by atoms with van der Waals surface area (Å²) in [6, 6.07) is 15.6. The maximum absolute atomic E-state index is 5.38. The molecule has 0 saturated carbocycles. The zero-order chi connectivity index (χ0) is 13.9. The summed E-state index contributed by atoms with van der Waals surface area (Å²) >= 11 is 3.43. The molecule has 2 aromatic carbocycles. The third-order valence-corrected chi connectivity index (χ3v) is 3.43. The van der Waals surface area contributed by atoms with E-state index < -0.39 is 0 Å². The quantitative estimate of drug-likeness (QED) is 0.792. The Morgan fingerprint density at radius 3 is 2.65 bits per heavy atom. The van der Waals surface area contributed by atoms with Crippen molar-refractivity contribution in [1.29, 1.82) is 0 Å². The van der Waals surface area contributed by atoms with Crippen molar-refractivity contribution in [2.75, 3.05) is 7.11 Å². The molecule has 20 heavy (non-hydrogen) atoms. The number of halogens is 1. The Balaban J connectivity index is 2.02. The summed E-state index contributed by atoms with van der Waals surface area (Å²) in [7, 11) is 1.64. The predicted molar refractivity (Wildman–Crippen MR) is 81.5 cm³/mol. The Morgan fingerprint density at radius 2 is 1.90 bits per heavy atom. The lowest BCUT2D eigenvalue weighted by Gasteiger charge is -2.05. The predicted octanol–water partition coefficient (Wildman–Crippen LogP) is 3.91. The Hall–Kier alpha value is -2.14. The van der Waals surface area contributed by atoms with Gasteiger partial charge in [0.15, 0.2) is 11.6 Å². The lowest BCUT2D eigenvalue weighted by atomic mass is 10.2. The minimum atomic E-state index is 0.672. The number of aromatic nitrogens is 3.